The molecule has 1 atom stereocenters. The number of carboxylic acids is 1. The Bertz CT molecular complexity index is 245. The third kappa shape index (κ3) is 7.23. The summed E-state index contributed by atoms with van der Waals surface area (Å²) in [6, 6.07) is -0.718. The molecule has 5 nitrogen and oxygen atoms in total. The quantitative estimate of drug-likeness (QED) is 0.671. The molecule has 16 heavy (non-hydrogen) atoms. The normalized spacial score (nSPS) is 13.2. The van der Waals surface area contributed by atoms with Crippen LogP contribution in [0.25, 0.3) is 0 Å². The zero-order valence-electron chi connectivity index (χ0n) is 10.4. The van der Waals surface area contributed by atoms with Crippen molar-refractivity contribution in [2.24, 2.45) is 0 Å². The van der Waals surface area contributed by atoms with E-state index in [9.17, 15) is 9.59 Å². The molecule has 94 valence electrons. The summed E-state index contributed by atoms with van der Waals surface area (Å²) in [6.45, 7) is 7.69. The van der Waals surface area contributed by atoms with Gasteiger partial charge in [0, 0.05) is 12.0 Å². The standard InChI is InChI=1S/C11H21NO4/c1-5-16-9(13)7-6-8(10(14)15)12-11(2,3)4/h8,12H,5-7H2,1-4H3,(H,14,15)/t8-/m0/s1. The minimum Gasteiger partial charge on any atom is -0.480 e. The second-order valence-corrected chi connectivity index (χ2v) is 4.63. The number of hydrogen-bond acceptors (Lipinski definition) is 4. The van der Waals surface area contributed by atoms with Crippen LogP contribution in [0, 0.1) is 0 Å². The average molecular weight is 231 g/mol. The number of carbonyl (C=O) groups excluding carboxylic acids is 1. The fourth-order valence-corrected chi connectivity index (χ4v) is 1.28. The minimum atomic E-state index is -0.945. The maximum atomic E-state index is 11.1. The Morgan fingerprint density at radius 2 is 1.94 bits per heavy atom. The summed E-state index contributed by atoms with van der Waals surface area (Å²) in [7, 11) is 0. The van der Waals surface area contributed by atoms with E-state index < -0.39 is 12.0 Å². The van der Waals surface area contributed by atoms with Crippen molar-refractivity contribution >= 4 is 11.9 Å². The third-order valence-electron chi connectivity index (χ3n) is 1.85. The van der Waals surface area contributed by atoms with Crippen LogP contribution >= 0.6 is 0 Å². The van der Waals surface area contributed by atoms with E-state index in [4.69, 9.17) is 9.84 Å². The SMILES string of the molecule is CCOC(=O)CC[C@H](NC(C)(C)C)C(=O)O. The van der Waals surface area contributed by atoms with Crippen LogP contribution in [-0.2, 0) is 14.3 Å². The third-order valence-corrected chi connectivity index (χ3v) is 1.85. The Labute approximate surface area is 96.2 Å². The molecular formula is C11H21NO4. The summed E-state index contributed by atoms with van der Waals surface area (Å²) in [5.41, 5.74) is -0.294. The van der Waals surface area contributed by atoms with Gasteiger partial charge < -0.3 is 9.84 Å². The van der Waals surface area contributed by atoms with E-state index in [0.717, 1.165) is 0 Å². The number of esters is 1. The van der Waals surface area contributed by atoms with E-state index in [1.807, 2.05) is 20.8 Å². The Hall–Kier alpha value is -1.10. The molecule has 0 fully saturated rings. The minimum absolute atomic E-state index is 0.119. The maximum Gasteiger partial charge on any atom is 0.320 e. The predicted molar refractivity (Wildman–Crippen MR) is 60.2 cm³/mol. The molecule has 0 heterocycles. The number of hydrogen-bond donors (Lipinski definition) is 2. The van der Waals surface area contributed by atoms with Gasteiger partial charge >= 0.3 is 11.9 Å². The van der Waals surface area contributed by atoms with Crippen molar-refractivity contribution in [3.63, 3.8) is 0 Å². The van der Waals surface area contributed by atoms with Crippen LogP contribution in [0.3, 0.4) is 0 Å². The van der Waals surface area contributed by atoms with Crippen LogP contribution in [-0.4, -0.2) is 35.2 Å². The van der Waals surface area contributed by atoms with Gasteiger partial charge in [0.1, 0.15) is 6.04 Å². The molecule has 0 aromatic rings. The van der Waals surface area contributed by atoms with Crippen molar-refractivity contribution in [1.82, 2.24) is 5.32 Å². The first kappa shape index (κ1) is 14.9. The fraction of sp³-hybridized carbons (Fsp3) is 0.818. The molecule has 0 aromatic carbocycles. The highest BCUT2D eigenvalue weighted by atomic mass is 16.5. The van der Waals surface area contributed by atoms with Gasteiger partial charge in [-0.05, 0) is 34.1 Å². The van der Waals surface area contributed by atoms with Crippen LogP contribution in [0.15, 0.2) is 0 Å². The topological polar surface area (TPSA) is 75.6 Å². The van der Waals surface area contributed by atoms with Crippen LogP contribution in [0.2, 0.25) is 0 Å². The van der Waals surface area contributed by atoms with Crippen LogP contribution in [0.1, 0.15) is 40.5 Å². The fourth-order valence-electron chi connectivity index (χ4n) is 1.28. The first-order chi connectivity index (χ1) is 7.26. The lowest BCUT2D eigenvalue weighted by Gasteiger charge is -2.25. The first-order valence-electron chi connectivity index (χ1n) is 5.42. The van der Waals surface area contributed by atoms with Crippen molar-refractivity contribution in [3.8, 4) is 0 Å². The largest absolute Gasteiger partial charge is 0.480 e. The van der Waals surface area contributed by atoms with E-state index in [-0.39, 0.29) is 24.3 Å². The average Bonchev–Trinajstić information content (AvgIpc) is 2.10. The highest BCUT2D eigenvalue weighted by Gasteiger charge is 2.23. The van der Waals surface area contributed by atoms with Crippen LogP contribution in [0.5, 0.6) is 0 Å². The number of ether oxygens (including phenoxy) is 1. The molecule has 0 aromatic heterocycles. The van der Waals surface area contributed by atoms with Crippen molar-refractivity contribution in [3.05, 3.63) is 0 Å². The molecule has 0 saturated carbocycles. The summed E-state index contributed by atoms with van der Waals surface area (Å²) in [6.07, 6.45) is 0.360. The Balaban J connectivity index is 4.15. The molecule has 0 bridgehead atoms. The zero-order valence-corrected chi connectivity index (χ0v) is 10.4. The van der Waals surface area contributed by atoms with E-state index in [2.05, 4.69) is 5.32 Å². The van der Waals surface area contributed by atoms with E-state index in [0.29, 0.717) is 6.61 Å². The summed E-state index contributed by atoms with van der Waals surface area (Å²) >= 11 is 0. The number of nitrogens with one attached hydrogen (secondary N) is 1. The Morgan fingerprint density at radius 3 is 2.31 bits per heavy atom. The highest BCUT2D eigenvalue weighted by molar-refractivity contribution is 5.75. The highest BCUT2D eigenvalue weighted by Crippen LogP contribution is 2.07. The summed E-state index contributed by atoms with van der Waals surface area (Å²) in [5.74, 6) is -1.30. The number of aliphatic carboxylic acids is 1. The lowest BCUT2D eigenvalue weighted by molar-refractivity contribution is -0.144. The summed E-state index contributed by atoms with van der Waals surface area (Å²) < 4.78 is 4.74. The molecule has 2 N–H and O–H groups in total. The Morgan fingerprint density at radius 1 is 1.38 bits per heavy atom. The van der Waals surface area contributed by atoms with Crippen LogP contribution < -0.4 is 5.32 Å². The zero-order chi connectivity index (χ0) is 12.8. The van der Waals surface area contributed by atoms with Crippen LogP contribution in [0.4, 0.5) is 0 Å². The smallest absolute Gasteiger partial charge is 0.320 e. The molecule has 0 radical (unpaired) electrons. The molecule has 0 unspecified atom stereocenters. The van der Waals surface area contributed by atoms with E-state index >= 15 is 0 Å². The van der Waals surface area contributed by atoms with Gasteiger partial charge in [0.05, 0.1) is 6.61 Å². The second kappa shape index (κ2) is 6.48. The van der Waals surface area contributed by atoms with Gasteiger partial charge in [0.2, 0.25) is 0 Å². The van der Waals surface area contributed by atoms with Gasteiger partial charge in [-0.3, -0.25) is 14.9 Å². The molecule has 0 amide bonds. The predicted octanol–water partition coefficient (Wildman–Crippen LogP) is 1.17. The molecule has 0 spiro atoms. The van der Waals surface area contributed by atoms with Crippen molar-refractivity contribution in [1.29, 1.82) is 0 Å². The Kier molecular flexibility index (Phi) is 6.03. The molecule has 0 saturated heterocycles. The number of carbonyl (C=O) groups is 2. The van der Waals surface area contributed by atoms with Gasteiger partial charge in [-0.15, -0.1) is 0 Å². The molecule has 0 aliphatic heterocycles. The number of rotatable bonds is 6. The molecule has 0 rings (SSSR count). The summed E-state index contributed by atoms with van der Waals surface area (Å²) in [5, 5.41) is 11.9. The monoisotopic (exact) mass is 231 g/mol. The van der Waals surface area contributed by atoms with Gasteiger partial charge in [0.15, 0.2) is 0 Å². The lowest BCUT2D eigenvalue weighted by atomic mass is 10.0. The van der Waals surface area contributed by atoms with Gasteiger partial charge in [-0.25, -0.2) is 0 Å². The lowest BCUT2D eigenvalue weighted by Crippen LogP contribution is -2.47. The van der Waals surface area contributed by atoms with Crippen molar-refractivity contribution in [2.75, 3.05) is 6.61 Å². The first-order valence-corrected chi connectivity index (χ1v) is 5.42. The van der Waals surface area contributed by atoms with E-state index in [1.165, 1.54) is 0 Å². The summed E-state index contributed by atoms with van der Waals surface area (Å²) in [4.78, 5) is 22.0. The molecule has 0 aliphatic carbocycles. The van der Waals surface area contributed by atoms with Gasteiger partial charge in [-0.1, -0.05) is 0 Å². The maximum absolute atomic E-state index is 11.1. The molecule has 0 aliphatic rings. The second-order valence-electron chi connectivity index (χ2n) is 4.63. The van der Waals surface area contributed by atoms with Gasteiger partial charge in [0.25, 0.3) is 0 Å². The number of carboxylic acid groups (broad SMARTS) is 1. The molecule has 5 heteroatoms. The molecular weight excluding hydrogens is 210 g/mol. The van der Waals surface area contributed by atoms with Crippen molar-refractivity contribution in [2.45, 2.75) is 52.1 Å². The van der Waals surface area contributed by atoms with Gasteiger partial charge in [-0.2, -0.15) is 0 Å². The van der Waals surface area contributed by atoms with Crippen molar-refractivity contribution < 1.29 is 19.4 Å². The van der Waals surface area contributed by atoms with E-state index in [1.54, 1.807) is 6.92 Å².